The topological polar surface area (TPSA) is 68.0 Å². The van der Waals surface area contributed by atoms with E-state index in [9.17, 15) is 4.79 Å². The van der Waals surface area contributed by atoms with Crippen molar-refractivity contribution in [2.24, 2.45) is 0 Å². The molecule has 7 heteroatoms. The van der Waals surface area contributed by atoms with Crippen molar-refractivity contribution in [3.63, 3.8) is 0 Å². The van der Waals surface area contributed by atoms with E-state index in [0.29, 0.717) is 10.7 Å². The number of para-hydroxylation sites is 1. The Morgan fingerprint density at radius 2 is 1.80 bits per heavy atom. The van der Waals surface area contributed by atoms with Crippen LogP contribution in [0.15, 0.2) is 46.9 Å². The monoisotopic (exact) mass is 365 g/mol. The highest BCUT2D eigenvalue weighted by molar-refractivity contribution is 7.28. The van der Waals surface area contributed by atoms with Crippen molar-refractivity contribution in [1.82, 2.24) is 9.97 Å². The molecule has 3 aromatic heterocycles. The molecule has 2 aromatic carbocycles. The maximum atomic E-state index is 12.5. The molecule has 0 atom stereocenters. The second-order valence-electron chi connectivity index (χ2n) is 5.62. The van der Waals surface area contributed by atoms with Crippen LogP contribution in [0.1, 0.15) is 15.6 Å². The van der Waals surface area contributed by atoms with Gasteiger partial charge in [-0.25, -0.2) is 9.97 Å². The van der Waals surface area contributed by atoms with Crippen LogP contribution in [0.4, 0.5) is 5.13 Å². The number of carbonyl (C=O) groups excluding carboxylic acids is 1. The first-order valence-corrected chi connectivity index (χ1v) is 9.27. The first kappa shape index (κ1) is 14.6. The third kappa shape index (κ3) is 2.40. The van der Waals surface area contributed by atoms with Gasteiger partial charge in [-0.05, 0) is 31.2 Å². The van der Waals surface area contributed by atoms with Gasteiger partial charge in [-0.3, -0.25) is 10.1 Å². The smallest absolute Gasteiger partial charge is 0.293 e. The predicted molar refractivity (Wildman–Crippen MR) is 102 cm³/mol. The van der Waals surface area contributed by atoms with Gasteiger partial charge in [0.2, 0.25) is 0 Å². The summed E-state index contributed by atoms with van der Waals surface area (Å²) in [6, 6.07) is 13.2. The van der Waals surface area contributed by atoms with E-state index in [1.807, 2.05) is 43.3 Å². The predicted octanol–water partition coefficient (Wildman–Crippen LogP) is 5.21. The van der Waals surface area contributed by atoms with Gasteiger partial charge in [0.05, 0.1) is 25.4 Å². The van der Waals surface area contributed by atoms with Crippen LogP contribution < -0.4 is 5.32 Å². The van der Waals surface area contributed by atoms with E-state index in [1.165, 1.54) is 11.3 Å². The maximum absolute atomic E-state index is 12.5. The fourth-order valence-corrected chi connectivity index (χ4v) is 4.79. The van der Waals surface area contributed by atoms with Crippen molar-refractivity contribution < 1.29 is 9.21 Å². The van der Waals surface area contributed by atoms with Crippen LogP contribution in [-0.2, 0) is 0 Å². The van der Waals surface area contributed by atoms with Crippen molar-refractivity contribution in [1.29, 1.82) is 0 Å². The average molecular weight is 365 g/mol. The molecule has 1 N–H and O–H groups in total. The Morgan fingerprint density at radius 3 is 2.64 bits per heavy atom. The summed E-state index contributed by atoms with van der Waals surface area (Å²) in [7, 11) is 0. The third-order valence-electron chi connectivity index (χ3n) is 3.89. The molecule has 0 unspecified atom stereocenters. The van der Waals surface area contributed by atoms with Gasteiger partial charge in [-0.15, -0.1) is 11.3 Å². The van der Waals surface area contributed by atoms with Gasteiger partial charge in [0, 0.05) is 5.39 Å². The highest BCUT2D eigenvalue weighted by atomic mass is 32.1. The molecule has 0 aliphatic heterocycles. The van der Waals surface area contributed by atoms with Gasteiger partial charge in [0.1, 0.15) is 5.58 Å². The second-order valence-corrected chi connectivity index (χ2v) is 7.82. The number of nitrogens with zero attached hydrogens (tertiary/aromatic N) is 2. The number of aryl methyl sites for hydroxylation is 1. The highest BCUT2D eigenvalue weighted by Crippen LogP contribution is 2.36. The number of aromatic nitrogens is 2. The molecule has 0 saturated heterocycles. The average Bonchev–Trinajstić information content (AvgIpc) is 3.28. The molecule has 1 amide bonds. The molecule has 3 heterocycles. The summed E-state index contributed by atoms with van der Waals surface area (Å²) < 4.78 is 7.76. The van der Waals surface area contributed by atoms with Crippen LogP contribution in [-0.4, -0.2) is 15.9 Å². The van der Waals surface area contributed by atoms with E-state index in [2.05, 4.69) is 15.3 Å². The summed E-state index contributed by atoms with van der Waals surface area (Å²) in [6.07, 6.45) is 0. The van der Waals surface area contributed by atoms with E-state index >= 15 is 0 Å². The molecule has 0 spiro atoms. The van der Waals surface area contributed by atoms with E-state index in [4.69, 9.17) is 4.42 Å². The van der Waals surface area contributed by atoms with Crippen molar-refractivity contribution in [3.8, 4) is 0 Å². The SMILES string of the molecule is Cc1nc2ccc3nc(NC(=O)c4cc5ccccc5o4)sc3c2s1. The van der Waals surface area contributed by atoms with E-state index < -0.39 is 0 Å². The van der Waals surface area contributed by atoms with Gasteiger partial charge in [-0.2, -0.15) is 0 Å². The minimum absolute atomic E-state index is 0.277. The molecule has 122 valence electrons. The van der Waals surface area contributed by atoms with Gasteiger partial charge in [0.15, 0.2) is 10.9 Å². The van der Waals surface area contributed by atoms with E-state index in [1.54, 1.807) is 17.4 Å². The molecule has 0 saturated carbocycles. The zero-order valence-corrected chi connectivity index (χ0v) is 14.7. The minimum atomic E-state index is -0.299. The molecule has 0 radical (unpaired) electrons. The summed E-state index contributed by atoms with van der Waals surface area (Å²) in [6.45, 7) is 1.99. The first-order valence-electron chi connectivity index (χ1n) is 7.64. The number of hydrogen-bond donors (Lipinski definition) is 1. The summed E-state index contributed by atoms with van der Waals surface area (Å²) >= 11 is 3.10. The molecule has 5 nitrogen and oxygen atoms in total. The fourth-order valence-electron chi connectivity index (χ4n) is 2.79. The van der Waals surface area contributed by atoms with Crippen LogP contribution >= 0.6 is 22.7 Å². The Kier molecular flexibility index (Phi) is 3.13. The lowest BCUT2D eigenvalue weighted by Crippen LogP contribution is -2.10. The summed E-state index contributed by atoms with van der Waals surface area (Å²) in [5.74, 6) is -0.0220. The molecular formula is C18H11N3O2S2. The standard InChI is InChI=1S/C18H11N3O2S2/c1-9-19-11-6-7-12-16(15(11)24-9)25-18(20-12)21-17(22)14-8-10-4-2-3-5-13(10)23-14/h2-8H,1H3,(H,20,21,22). The molecular weight excluding hydrogens is 354 g/mol. The van der Waals surface area contributed by atoms with Crippen LogP contribution in [0, 0.1) is 6.92 Å². The number of thiazole rings is 2. The van der Waals surface area contributed by atoms with Crippen LogP contribution in [0.5, 0.6) is 0 Å². The van der Waals surface area contributed by atoms with Gasteiger partial charge in [-0.1, -0.05) is 29.5 Å². The molecule has 25 heavy (non-hydrogen) atoms. The molecule has 0 bridgehead atoms. The van der Waals surface area contributed by atoms with Crippen LogP contribution in [0.3, 0.4) is 0 Å². The quantitative estimate of drug-likeness (QED) is 0.466. The van der Waals surface area contributed by atoms with Gasteiger partial charge in [0.25, 0.3) is 5.91 Å². The maximum Gasteiger partial charge on any atom is 0.293 e. The number of rotatable bonds is 2. The van der Waals surface area contributed by atoms with Gasteiger partial charge < -0.3 is 4.42 Å². The molecule has 5 rings (SSSR count). The normalized spacial score (nSPS) is 11.6. The first-order chi connectivity index (χ1) is 12.2. The van der Waals surface area contributed by atoms with E-state index in [0.717, 1.165) is 30.8 Å². The second kappa shape index (κ2) is 5.37. The molecule has 0 fully saturated rings. The van der Waals surface area contributed by atoms with Crippen molar-refractivity contribution in [2.75, 3.05) is 5.32 Å². The van der Waals surface area contributed by atoms with Crippen molar-refractivity contribution in [2.45, 2.75) is 6.92 Å². The number of fused-ring (bicyclic) bond motifs is 4. The number of anilines is 1. The zero-order valence-electron chi connectivity index (χ0n) is 13.1. The lowest BCUT2D eigenvalue weighted by atomic mass is 10.2. The molecule has 0 aliphatic rings. The number of hydrogen-bond acceptors (Lipinski definition) is 6. The minimum Gasteiger partial charge on any atom is -0.451 e. The van der Waals surface area contributed by atoms with Crippen LogP contribution in [0.2, 0.25) is 0 Å². The Bertz CT molecular complexity index is 1230. The molecule has 0 aliphatic carbocycles. The summed E-state index contributed by atoms with van der Waals surface area (Å²) in [5.41, 5.74) is 2.52. The zero-order chi connectivity index (χ0) is 17.0. The summed E-state index contributed by atoms with van der Waals surface area (Å²) in [4.78, 5) is 21.5. The Hall–Kier alpha value is -2.77. The van der Waals surface area contributed by atoms with Gasteiger partial charge >= 0.3 is 0 Å². The highest BCUT2D eigenvalue weighted by Gasteiger charge is 2.16. The fraction of sp³-hybridized carbons (Fsp3) is 0.0556. The number of benzene rings is 2. The van der Waals surface area contributed by atoms with E-state index in [-0.39, 0.29) is 11.7 Å². The summed E-state index contributed by atoms with van der Waals surface area (Å²) in [5, 5.41) is 5.31. The number of nitrogens with one attached hydrogen (secondary N) is 1. The Balaban J connectivity index is 1.52. The largest absolute Gasteiger partial charge is 0.451 e. The Labute approximate surface area is 149 Å². The lowest BCUT2D eigenvalue weighted by molar-refractivity contribution is 0.0998. The number of furan rings is 1. The van der Waals surface area contributed by atoms with Crippen molar-refractivity contribution >= 4 is 65.1 Å². The lowest BCUT2D eigenvalue weighted by Gasteiger charge is -1.96. The van der Waals surface area contributed by atoms with Crippen molar-refractivity contribution in [3.05, 3.63) is 53.2 Å². The Morgan fingerprint density at radius 1 is 1.04 bits per heavy atom. The number of carbonyl (C=O) groups is 1. The number of amides is 1. The van der Waals surface area contributed by atoms with Crippen LogP contribution in [0.25, 0.3) is 31.4 Å². The third-order valence-corrected chi connectivity index (χ3v) is 6.03. The molecule has 5 aromatic rings.